The lowest BCUT2D eigenvalue weighted by Gasteiger charge is -2.33. The number of rotatable bonds is 4. The molecule has 4 nitrogen and oxygen atoms in total. The first-order valence-corrected chi connectivity index (χ1v) is 6.46. The lowest BCUT2D eigenvalue weighted by molar-refractivity contribution is 0.210. The van der Waals surface area contributed by atoms with Crippen molar-refractivity contribution in [1.82, 2.24) is 9.88 Å². The smallest absolute Gasteiger partial charge is 0.0951 e. The number of nitrogens with one attached hydrogen (secondary N) is 1. The Balaban J connectivity index is 2.29. The Morgan fingerprint density at radius 1 is 1.26 bits per heavy atom. The zero-order valence-corrected chi connectivity index (χ0v) is 12.1. The summed E-state index contributed by atoms with van der Waals surface area (Å²) in [6, 6.07) is 7.88. The average Bonchev–Trinajstić information content (AvgIpc) is 2.37. The summed E-state index contributed by atoms with van der Waals surface area (Å²) < 4.78 is 0. The van der Waals surface area contributed by atoms with Gasteiger partial charge in [-0.1, -0.05) is 12.1 Å². The minimum atomic E-state index is 0.0793. The molecule has 0 bridgehead atoms. The molecular weight excluding hydrogens is 236 g/mol. The van der Waals surface area contributed by atoms with Crippen molar-refractivity contribution in [3.63, 3.8) is 0 Å². The predicted octanol–water partition coefficient (Wildman–Crippen LogP) is 2.57. The number of benzene rings is 1. The molecule has 0 fully saturated rings. The number of likely N-dealkylation sites (N-methyl/N-ethyl adjacent to an activating group) is 1. The van der Waals surface area contributed by atoms with Crippen LogP contribution in [0.4, 0.5) is 11.4 Å². The van der Waals surface area contributed by atoms with E-state index in [1.54, 1.807) is 6.20 Å². The number of fused-ring (bicyclic) bond motifs is 1. The van der Waals surface area contributed by atoms with Crippen molar-refractivity contribution >= 4 is 22.3 Å². The van der Waals surface area contributed by atoms with Crippen molar-refractivity contribution in [3.8, 4) is 0 Å². The summed E-state index contributed by atoms with van der Waals surface area (Å²) in [7, 11) is 4.18. The molecule has 2 rings (SSSR count). The Morgan fingerprint density at radius 2 is 2.00 bits per heavy atom. The highest BCUT2D eigenvalue weighted by Crippen LogP contribution is 2.26. The summed E-state index contributed by atoms with van der Waals surface area (Å²) in [6.07, 6.45) is 1.80. The van der Waals surface area contributed by atoms with E-state index >= 15 is 0 Å². The van der Waals surface area contributed by atoms with Crippen LogP contribution in [0.25, 0.3) is 10.9 Å². The number of nitrogens with zero attached hydrogens (tertiary/aromatic N) is 2. The highest BCUT2D eigenvalue weighted by Gasteiger charge is 2.20. The van der Waals surface area contributed by atoms with E-state index in [9.17, 15) is 0 Å². The minimum absolute atomic E-state index is 0.0793. The highest BCUT2D eigenvalue weighted by molar-refractivity contribution is 5.97. The third kappa shape index (κ3) is 2.79. The molecule has 0 aliphatic carbocycles. The number of aromatic nitrogens is 1. The molecule has 0 spiro atoms. The molecule has 3 N–H and O–H groups in total. The third-order valence-electron chi connectivity index (χ3n) is 3.72. The van der Waals surface area contributed by atoms with Gasteiger partial charge in [-0.3, -0.25) is 4.98 Å². The number of hydrogen-bond acceptors (Lipinski definition) is 4. The zero-order chi connectivity index (χ0) is 14.0. The average molecular weight is 258 g/mol. The molecule has 0 radical (unpaired) electrons. The van der Waals surface area contributed by atoms with Gasteiger partial charge in [0.05, 0.1) is 11.2 Å². The van der Waals surface area contributed by atoms with Gasteiger partial charge < -0.3 is 16.0 Å². The van der Waals surface area contributed by atoms with Gasteiger partial charge in [-0.15, -0.1) is 0 Å². The number of nitrogens with two attached hydrogens (primary N) is 1. The molecule has 102 valence electrons. The largest absolute Gasteiger partial charge is 0.397 e. The molecule has 0 saturated carbocycles. The van der Waals surface area contributed by atoms with Crippen molar-refractivity contribution in [2.24, 2.45) is 0 Å². The van der Waals surface area contributed by atoms with Crippen molar-refractivity contribution in [2.75, 3.05) is 31.7 Å². The summed E-state index contributed by atoms with van der Waals surface area (Å²) in [6.45, 7) is 5.27. The summed E-state index contributed by atoms with van der Waals surface area (Å²) in [5.74, 6) is 0. The highest BCUT2D eigenvalue weighted by atomic mass is 15.2. The zero-order valence-electron chi connectivity index (χ0n) is 12.1. The second-order valence-corrected chi connectivity index (χ2v) is 5.66. The van der Waals surface area contributed by atoms with Gasteiger partial charge >= 0.3 is 0 Å². The Bertz CT molecular complexity index is 575. The second kappa shape index (κ2) is 5.05. The van der Waals surface area contributed by atoms with E-state index in [2.05, 4.69) is 43.1 Å². The maximum Gasteiger partial charge on any atom is 0.0951 e. The van der Waals surface area contributed by atoms with Crippen LogP contribution >= 0.6 is 0 Å². The van der Waals surface area contributed by atoms with Gasteiger partial charge in [0, 0.05) is 29.4 Å². The number of nitrogen functional groups attached to an aromatic ring is 1. The van der Waals surface area contributed by atoms with Crippen molar-refractivity contribution in [3.05, 3.63) is 30.5 Å². The molecule has 0 aliphatic heterocycles. The first kappa shape index (κ1) is 13.6. The van der Waals surface area contributed by atoms with Crippen LogP contribution in [0.2, 0.25) is 0 Å². The van der Waals surface area contributed by atoms with E-state index in [4.69, 9.17) is 5.73 Å². The number of pyridine rings is 1. The van der Waals surface area contributed by atoms with Crippen LogP contribution in [0, 0.1) is 0 Å². The quantitative estimate of drug-likeness (QED) is 0.828. The van der Waals surface area contributed by atoms with Gasteiger partial charge in [0.1, 0.15) is 0 Å². The Kier molecular flexibility index (Phi) is 3.62. The number of para-hydroxylation sites is 1. The van der Waals surface area contributed by atoms with Crippen molar-refractivity contribution in [2.45, 2.75) is 19.4 Å². The van der Waals surface area contributed by atoms with Gasteiger partial charge in [0.25, 0.3) is 0 Å². The lowest BCUT2D eigenvalue weighted by atomic mass is 10.0. The maximum absolute atomic E-state index is 5.96. The molecule has 1 aromatic carbocycles. The molecule has 0 unspecified atom stereocenters. The lowest BCUT2D eigenvalue weighted by Crippen LogP contribution is -2.44. The summed E-state index contributed by atoms with van der Waals surface area (Å²) >= 11 is 0. The third-order valence-corrected chi connectivity index (χ3v) is 3.72. The van der Waals surface area contributed by atoms with Crippen LogP contribution in [0.15, 0.2) is 30.5 Å². The SMILES string of the molecule is CN(C)C(C)(C)CNc1ccnc2c(N)cccc12. The normalized spacial score (nSPS) is 12.1. The maximum atomic E-state index is 5.96. The van der Waals surface area contributed by atoms with Gasteiger partial charge in [-0.05, 0) is 40.1 Å². The molecule has 0 amide bonds. The molecular formula is C15H22N4. The molecule has 1 heterocycles. The summed E-state index contributed by atoms with van der Waals surface area (Å²) in [5, 5.41) is 4.57. The predicted molar refractivity (Wildman–Crippen MR) is 82.4 cm³/mol. The molecule has 4 heteroatoms. The monoisotopic (exact) mass is 258 g/mol. The van der Waals surface area contributed by atoms with Crippen LogP contribution in [0.5, 0.6) is 0 Å². The van der Waals surface area contributed by atoms with Gasteiger partial charge in [0.2, 0.25) is 0 Å². The van der Waals surface area contributed by atoms with Crippen LogP contribution in [0.3, 0.4) is 0 Å². The first-order chi connectivity index (χ1) is 8.92. The molecule has 0 atom stereocenters. The Hall–Kier alpha value is -1.81. The number of anilines is 2. The molecule has 1 aromatic heterocycles. The van der Waals surface area contributed by atoms with Crippen LogP contribution in [-0.4, -0.2) is 36.1 Å². The summed E-state index contributed by atoms with van der Waals surface area (Å²) in [4.78, 5) is 6.55. The molecule has 0 aliphatic rings. The van der Waals surface area contributed by atoms with E-state index in [1.165, 1.54) is 0 Å². The molecule has 2 aromatic rings. The van der Waals surface area contributed by atoms with E-state index in [-0.39, 0.29) is 5.54 Å². The van der Waals surface area contributed by atoms with Crippen LogP contribution in [0.1, 0.15) is 13.8 Å². The van der Waals surface area contributed by atoms with E-state index in [0.29, 0.717) is 5.69 Å². The van der Waals surface area contributed by atoms with Gasteiger partial charge in [-0.2, -0.15) is 0 Å². The Labute approximate surface area is 114 Å². The fourth-order valence-corrected chi connectivity index (χ4v) is 1.82. The first-order valence-electron chi connectivity index (χ1n) is 6.46. The van der Waals surface area contributed by atoms with Crippen LogP contribution < -0.4 is 11.1 Å². The second-order valence-electron chi connectivity index (χ2n) is 5.66. The topological polar surface area (TPSA) is 54.2 Å². The van der Waals surface area contributed by atoms with Gasteiger partial charge in [0.15, 0.2) is 0 Å². The fourth-order valence-electron chi connectivity index (χ4n) is 1.82. The van der Waals surface area contributed by atoms with E-state index in [1.807, 2.05) is 24.3 Å². The van der Waals surface area contributed by atoms with Gasteiger partial charge in [-0.25, -0.2) is 0 Å². The van der Waals surface area contributed by atoms with Crippen LogP contribution in [-0.2, 0) is 0 Å². The van der Waals surface area contributed by atoms with Crippen molar-refractivity contribution in [1.29, 1.82) is 0 Å². The van der Waals surface area contributed by atoms with E-state index in [0.717, 1.165) is 23.1 Å². The Morgan fingerprint density at radius 3 is 2.68 bits per heavy atom. The fraction of sp³-hybridized carbons (Fsp3) is 0.400. The van der Waals surface area contributed by atoms with E-state index < -0.39 is 0 Å². The minimum Gasteiger partial charge on any atom is -0.397 e. The summed E-state index contributed by atoms with van der Waals surface area (Å²) in [5.41, 5.74) is 8.68. The number of hydrogen-bond donors (Lipinski definition) is 2. The molecule has 0 saturated heterocycles. The standard InChI is InChI=1S/C15H22N4/c1-15(2,19(3)4)10-18-13-8-9-17-14-11(13)6-5-7-12(14)16/h5-9H,10,16H2,1-4H3,(H,17,18). The molecule has 19 heavy (non-hydrogen) atoms. The van der Waals surface area contributed by atoms with Crippen molar-refractivity contribution < 1.29 is 0 Å².